The third-order valence-electron chi connectivity index (χ3n) is 4.70. The van der Waals surface area contributed by atoms with E-state index in [0.717, 1.165) is 17.7 Å². The summed E-state index contributed by atoms with van der Waals surface area (Å²) in [6, 6.07) is 2.73. The highest BCUT2D eigenvalue weighted by molar-refractivity contribution is 7.89. The van der Waals surface area contributed by atoms with Crippen LogP contribution in [0.2, 0.25) is 0 Å². The molecule has 2 unspecified atom stereocenters. The van der Waals surface area contributed by atoms with Crippen molar-refractivity contribution < 1.29 is 22.4 Å². The second-order valence-electron chi connectivity index (χ2n) is 6.01. The summed E-state index contributed by atoms with van der Waals surface area (Å²) in [5, 5.41) is 10.3. The smallest absolute Gasteiger partial charge is 0.240 e. The number of nitrogens with two attached hydrogens (primary N) is 1. The van der Waals surface area contributed by atoms with E-state index in [2.05, 4.69) is 10.6 Å². The van der Waals surface area contributed by atoms with Crippen LogP contribution in [0.15, 0.2) is 34.9 Å². The van der Waals surface area contributed by atoms with Crippen LogP contribution in [0.25, 0.3) is 0 Å². The van der Waals surface area contributed by atoms with Crippen LogP contribution in [0.3, 0.4) is 0 Å². The summed E-state index contributed by atoms with van der Waals surface area (Å²) in [5.41, 5.74) is 0.320. The van der Waals surface area contributed by atoms with Crippen molar-refractivity contribution in [3.8, 4) is 0 Å². The first-order valence-electron chi connectivity index (χ1n) is 7.66. The van der Waals surface area contributed by atoms with E-state index in [9.17, 15) is 22.4 Å². The fourth-order valence-corrected chi connectivity index (χ4v) is 3.77. The first-order chi connectivity index (χ1) is 11.7. The molecule has 4 N–H and O–H groups in total. The Kier molecular flexibility index (Phi) is 5.28. The van der Waals surface area contributed by atoms with E-state index < -0.39 is 32.2 Å². The van der Waals surface area contributed by atoms with Crippen LogP contribution in [-0.2, 0) is 19.6 Å². The molecule has 2 amide bonds. The van der Waals surface area contributed by atoms with Gasteiger partial charge in [-0.3, -0.25) is 9.59 Å². The van der Waals surface area contributed by atoms with Gasteiger partial charge in [-0.2, -0.15) is 0 Å². The maximum Gasteiger partial charge on any atom is 0.240 e. The van der Waals surface area contributed by atoms with Crippen molar-refractivity contribution in [3.05, 3.63) is 41.4 Å². The fraction of sp³-hybridized carbons (Fsp3) is 0.375. The third kappa shape index (κ3) is 3.57. The summed E-state index contributed by atoms with van der Waals surface area (Å²) in [4.78, 5) is 22.7. The Balaban J connectivity index is 2.47. The highest BCUT2D eigenvalue weighted by Gasteiger charge is 2.43. The van der Waals surface area contributed by atoms with Crippen molar-refractivity contribution in [1.29, 1.82) is 0 Å². The molecule has 0 spiro atoms. The number of carbonyl (C=O) groups is 2. The molecule has 1 aliphatic heterocycles. The van der Waals surface area contributed by atoms with Crippen LogP contribution >= 0.6 is 0 Å². The van der Waals surface area contributed by atoms with E-state index in [1.165, 1.54) is 6.07 Å². The Morgan fingerprint density at radius 3 is 2.60 bits per heavy atom. The second kappa shape index (κ2) is 6.93. The summed E-state index contributed by atoms with van der Waals surface area (Å²) in [6.45, 7) is 3.65. The molecular weight excluding hydrogens is 349 g/mol. The number of hydrogen-bond donors (Lipinski definition) is 3. The van der Waals surface area contributed by atoms with Crippen LogP contribution in [0.1, 0.15) is 38.3 Å². The van der Waals surface area contributed by atoms with Gasteiger partial charge in [0.05, 0.1) is 11.5 Å². The number of halogens is 1. The predicted molar refractivity (Wildman–Crippen MR) is 89.0 cm³/mol. The van der Waals surface area contributed by atoms with Gasteiger partial charge in [0, 0.05) is 6.20 Å². The van der Waals surface area contributed by atoms with Crippen LogP contribution < -0.4 is 15.8 Å². The molecule has 0 aromatic heterocycles. The van der Waals surface area contributed by atoms with Crippen molar-refractivity contribution in [2.45, 2.75) is 37.6 Å². The normalized spacial score (nSPS) is 21.4. The fourth-order valence-electron chi connectivity index (χ4n) is 3.12. The minimum atomic E-state index is -4.26. The van der Waals surface area contributed by atoms with Gasteiger partial charge in [0.2, 0.25) is 22.3 Å². The zero-order valence-corrected chi connectivity index (χ0v) is 14.7. The molecule has 2 rings (SSSR count). The monoisotopic (exact) mass is 369 g/mol. The van der Waals surface area contributed by atoms with E-state index in [-0.39, 0.29) is 12.3 Å². The molecule has 1 aliphatic rings. The number of carbonyl (C=O) groups excluding carboxylic acids is 2. The van der Waals surface area contributed by atoms with Gasteiger partial charge < -0.3 is 10.6 Å². The molecule has 0 fully saturated rings. The number of benzene rings is 1. The standard InChI is InChI=1S/C16H20FN3O4S/c1-3-16(10(2)8-19-15(16)22)7-13(20-9-21)11-4-5-12(17)14(6-11)25(18,23)24/h4-6,8-9,13H,3,7H2,1-2H3,(H,19,22)(H,20,21)(H2,18,23,24). The summed E-state index contributed by atoms with van der Waals surface area (Å²) in [5.74, 6) is -1.17. The van der Waals surface area contributed by atoms with Crippen LogP contribution in [0, 0.1) is 11.2 Å². The molecule has 0 radical (unpaired) electrons. The average molecular weight is 369 g/mol. The third-order valence-corrected chi connectivity index (χ3v) is 5.62. The number of hydrogen-bond acceptors (Lipinski definition) is 4. The lowest BCUT2D eigenvalue weighted by atomic mass is 9.73. The highest BCUT2D eigenvalue weighted by atomic mass is 32.2. The topological polar surface area (TPSA) is 118 Å². The maximum atomic E-state index is 13.8. The van der Waals surface area contributed by atoms with Gasteiger partial charge in [0.25, 0.3) is 0 Å². The predicted octanol–water partition coefficient (Wildman–Crippen LogP) is 1.08. The van der Waals surface area contributed by atoms with Crippen LogP contribution in [-0.4, -0.2) is 20.7 Å². The minimum Gasteiger partial charge on any atom is -0.352 e. The highest BCUT2D eigenvalue weighted by Crippen LogP contribution is 2.42. The number of sulfonamides is 1. The molecule has 1 aromatic rings. The van der Waals surface area contributed by atoms with Gasteiger partial charge >= 0.3 is 0 Å². The maximum absolute atomic E-state index is 13.8. The van der Waals surface area contributed by atoms with Gasteiger partial charge in [-0.05, 0) is 43.0 Å². The molecular formula is C16H20FN3O4S. The van der Waals surface area contributed by atoms with E-state index in [1.54, 1.807) is 13.1 Å². The van der Waals surface area contributed by atoms with Crippen LogP contribution in [0.5, 0.6) is 0 Å². The van der Waals surface area contributed by atoms with Crippen molar-refractivity contribution >= 4 is 22.3 Å². The minimum absolute atomic E-state index is 0.195. The molecule has 0 aliphatic carbocycles. The summed E-state index contributed by atoms with van der Waals surface area (Å²) < 4.78 is 36.8. The van der Waals surface area contributed by atoms with Crippen molar-refractivity contribution in [2.24, 2.45) is 10.6 Å². The first-order valence-corrected chi connectivity index (χ1v) is 9.20. The molecule has 0 saturated carbocycles. The number of nitrogens with one attached hydrogen (secondary N) is 2. The zero-order valence-electron chi connectivity index (χ0n) is 13.9. The molecule has 0 saturated heterocycles. The molecule has 2 atom stereocenters. The largest absolute Gasteiger partial charge is 0.352 e. The molecule has 7 nitrogen and oxygen atoms in total. The molecule has 25 heavy (non-hydrogen) atoms. The Labute approximate surface area is 145 Å². The van der Waals surface area contributed by atoms with Gasteiger partial charge in [0.15, 0.2) is 0 Å². The quantitative estimate of drug-likeness (QED) is 0.623. The van der Waals surface area contributed by atoms with Gasteiger partial charge in [-0.25, -0.2) is 17.9 Å². The Hall–Kier alpha value is -2.26. The lowest BCUT2D eigenvalue weighted by Crippen LogP contribution is -2.37. The van der Waals surface area contributed by atoms with Crippen molar-refractivity contribution in [3.63, 3.8) is 0 Å². The lowest BCUT2D eigenvalue weighted by molar-refractivity contribution is -0.128. The Morgan fingerprint density at radius 2 is 2.12 bits per heavy atom. The van der Waals surface area contributed by atoms with E-state index >= 15 is 0 Å². The first kappa shape index (κ1) is 19.1. The Bertz CT molecular complexity index is 838. The lowest BCUT2D eigenvalue weighted by Gasteiger charge is -2.31. The molecule has 1 heterocycles. The van der Waals surface area contributed by atoms with Gasteiger partial charge in [0.1, 0.15) is 10.7 Å². The van der Waals surface area contributed by atoms with Crippen molar-refractivity contribution in [2.75, 3.05) is 0 Å². The number of amides is 2. The van der Waals surface area contributed by atoms with E-state index in [1.807, 2.05) is 6.92 Å². The molecule has 1 aromatic carbocycles. The number of primary sulfonamides is 1. The SMILES string of the molecule is CCC1(CC(NC=O)c2ccc(F)c(S(N)(=O)=O)c2)C(=O)NC=C1C. The van der Waals surface area contributed by atoms with Gasteiger partial charge in [-0.15, -0.1) is 0 Å². The molecule has 9 heteroatoms. The van der Waals surface area contributed by atoms with E-state index in [4.69, 9.17) is 5.14 Å². The van der Waals surface area contributed by atoms with E-state index in [0.29, 0.717) is 18.4 Å². The van der Waals surface area contributed by atoms with Crippen LogP contribution in [0.4, 0.5) is 4.39 Å². The zero-order chi connectivity index (χ0) is 18.8. The van der Waals surface area contributed by atoms with Crippen molar-refractivity contribution in [1.82, 2.24) is 10.6 Å². The average Bonchev–Trinajstić information content (AvgIpc) is 2.82. The molecule has 136 valence electrons. The summed E-state index contributed by atoms with van der Waals surface area (Å²) in [6.07, 6.45) is 2.76. The second-order valence-corrected chi connectivity index (χ2v) is 7.54. The summed E-state index contributed by atoms with van der Waals surface area (Å²) >= 11 is 0. The van der Waals surface area contributed by atoms with Gasteiger partial charge in [-0.1, -0.05) is 13.0 Å². The molecule has 0 bridgehead atoms. The number of rotatable bonds is 7. The summed E-state index contributed by atoms with van der Waals surface area (Å²) in [7, 11) is -4.26. The Morgan fingerprint density at radius 1 is 1.44 bits per heavy atom.